The van der Waals surface area contributed by atoms with E-state index in [1.54, 1.807) is 0 Å². The van der Waals surface area contributed by atoms with E-state index >= 15 is 0 Å². The summed E-state index contributed by atoms with van der Waals surface area (Å²) in [6.45, 7) is 2.92. The van der Waals surface area contributed by atoms with E-state index in [4.69, 9.17) is 0 Å². The van der Waals surface area contributed by atoms with Crippen LogP contribution in [0.1, 0.15) is 0 Å². The zero-order valence-corrected chi connectivity index (χ0v) is 8.66. The second-order valence-corrected chi connectivity index (χ2v) is 8.79. The van der Waals surface area contributed by atoms with E-state index in [-0.39, 0.29) is 0 Å². The third kappa shape index (κ3) is 2.77. The van der Waals surface area contributed by atoms with E-state index in [0.717, 1.165) is 0 Å². The maximum absolute atomic E-state index is 12.5. The van der Waals surface area contributed by atoms with Crippen LogP contribution in [-0.4, -0.2) is 13.3 Å². The molecule has 0 N–H and O–H groups in total. The van der Waals surface area contributed by atoms with E-state index in [9.17, 15) is 12.6 Å². The van der Waals surface area contributed by atoms with Crippen LogP contribution in [0.3, 0.4) is 0 Å². The van der Waals surface area contributed by atoms with E-state index in [0.29, 0.717) is 0 Å². The van der Waals surface area contributed by atoms with E-state index in [2.05, 4.69) is 13.5 Å². The Morgan fingerprint density at radius 1 is 1.27 bits per heavy atom. The third-order valence-corrected chi connectivity index (χ3v) is 7.71. The molecule has 1 rings (SSSR count). The lowest BCUT2D eigenvalue weighted by Crippen LogP contribution is -1.70. The van der Waals surface area contributed by atoms with Gasteiger partial charge in [-0.05, 0) is 13.3 Å². The van der Waals surface area contributed by atoms with Gasteiger partial charge in [-0.3, -0.25) is 0 Å². The maximum atomic E-state index is 12.5. The van der Waals surface area contributed by atoms with E-state index in [1.165, 1.54) is 13.3 Å². The molecule has 66 valence electrons. The fourth-order valence-corrected chi connectivity index (χ4v) is 6.70. The molecule has 1 aliphatic rings. The second-order valence-electron chi connectivity index (χ2n) is 2.35. The van der Waals surface area contributed by atoms with Gasteiger partial charge in [-0.25, -0.2) is 4.52 Å². The summed E-state index contributed by atoms with van der Waals surface area (Å²) >= 11 is 0. The van der Waals surface area contributed by atoms with Crippen molar-refractivity contribution in [3.8, 4) is 0 Å². The molecule has 1 unspecified atom stereocenters. The van der Waals surface area contributed by atoms with Crippen LogP contribution < -0.4 is 0 Å². The predicted octanol–water partition coefficient (Wildman–Crippen LogP) is 4.46. The van der Waals surface area contributed by atoms with Gasteiger partial charge >= 0.3 is 7.83 Å². The summed E-state index contributed by atoms with van der Waals surface area (Å²) in [6, 6.07) is 0. The van der Waals surface area contributed by atoms with Crippen molar-refractivity contribution in [2.75, 3.05) is 13.3 Å². The molecule has 0 aliphatic carbocycles. The zero-order valence-electron chi connectivity index (χ0n) is 5.87. The fraction of sp³-hybridized carbons (Fsp3) is 1.00. The minimum atomic E-state index is -4.64. The van der Waals surface area contributed by atoms with Crippen molar-refractivity contribution in [1.29, 1.82) is 0 Å². The fourth-order valence-electron chi connectivity index (χ4n) is 0.625. The van der Waals surface area contributed by atoms with Gasteiger partial charge in [0.2, 0.25) is 8.17 Å². The molecule has 3 nitrogen and oxygen atoms in total. The highest BCUT2D eigenvalue weighted by atomic mass is 31.3. The Balaban J connectivity index is 3.31. The lowest BCUT2D eigenvalue weighted by atomic mass is 11.9. The van der Waals surface area contributed by atoms with Crippen molar-refractivity contribution in [3.63, 3.8) is 0 Å². The summed E-state index contributed by atoms with van der Waals surface area (Å²) in [5.74, 6) is 0. The van der Waals surface area contributed by atoms with Gasteiger partial charge in [-0.15, -0.1) is 8.39 Å². The number of hydrogen-bond acceptors (Lipinski definition) is 3. The summed E-state index contributed by atoms with van der Waals surface area (Å²) in [5.41, 5.74) is 0. The molecule has 1 heterocycles. The summed E-state index contributed by atoms with van der Waals surface area (Å²) in [6.07, 6.45) is 0. The van der Waals surface area contributed by atoms with Gasteiger partial charge in [0.05, 0.1) is 7.21 Å². The Morgan fingerprint density at radius 2 is 1.82 bits per heavy atom. The molecule has 9 heteroatoms. The first kappa shape index (κ1) is 9.57. The van der Waals surface area contributed by atoms with Crippen LogP contribution in [0.2, 0.25) is 0 Å². The van der Waals surface area contributed by atoms with Crippen LogP contribution in [0.4, 0.5) is 12.6 Å². The molecule has 0 aromatic rings. The minimum absolute atomic E-state index is 1.46. The highest BCUT2D eigenvalue weighted by Gasteiger charge is 2.24. The summed E-state index contributed by atoms with van der Waals surface area (Å²) in [5, 5.41) is 0. The second kappa shape index (κ2) is 2.76. The Bertz CT molecular complexity index is 300. The molecule has 0 bridgehead atoms. The molecule has 1 atom stereocenters. The van der Waals surface area contributed by atoms with Crippen molar-refractivity contribution >= 4 is 23.2 Å². The molecule has 0 saturated heterocycles. The first-order valence-corrected chi connectivity index (χ1v) is 8.01. The molecule has 0 amide bonds. The summed E-state index contributed by atoms with van der Waals surface area (Å²) < 4.78 is 46.6. The largest absolute Gasteiger partial charge is 0.419 e. The monoisotopic (exact) mass is 223 g/mol. The first-order chi connectivity index (χ1) is 4.81. The summed E-state index contributed by atoms with van der Waals surface area (Å²) in [4.78, 5) is 0. The van der Waals surface area contributed by atoms with Crippen LogP contribution in [0.15, 0.2) is 13.5 Å². The highest BCUT2D eigenvalue weighted by molar-refractivity contribution is 7.78. The van der Waals surface area contributed by atoms with Gasteiger partial charge in [0.25, 0.3) is 0 Å². The molecule has 0 saturated carbocycles. The number of nitrogens with zero attached hydrogens (tertiary/aromatic N) is 3. The maximum Gasteiger partial charge on any atom is 0.419 e. The van der Waals surface area contributed by atoms with Gasteiger partial charge in [0.15, 0.2) is 0 Å². The molecule has 11 heavy (non-hydrogen) atoms. The van der Waals surface area contributed by atoms with Crippen LogP contribution in [-0.2, 0) is 0 Å². The SMILES string of the molecule is CP1(C)=N[PH](F)=NP(F)(F)=N1. The van der Waals surface area contributed by atoms with Gasteiger partial charge in [0, 0.05) is 0 Å². The Kier molecular flexibility index (Phi) is 2.40. The molecular weight excluding hydrogens is 216 g/mol. The first-order valence-electron chi connectivity index (χ1n) is 2.67. The molecule has 0 fully saturated rings. The average molecular weight is 223 g/mol. The van der Waals surface area contributed by atoms with Gasteiger partial charge in [-0.1, -0.05) is 0 Å². The van der Waals surface area contributed by atoms with Gasteiger partial charge < -0.3 is 0 Å². The van der Waals surface area contributed by atoms with Gasteiger partial charge in [0.1, 0.15) is 0 Å². The molecule has 0 radical (unpaired) electrons. The third-order valence-electron chi connectivity index (χ3n) is 0.857. The standard InChI is InChI=1S/C2H7F3N3P3/c1-10(2)6-9(3)7-11(4,5)8-10/h9H,1-2H3. The van der Waals surface area contributed by atoms with Gasteiger partial charge in [-0.2, -0.15) is 13.2 Å². The van der Waals surface area contributed by atoms with Crippen LogP contribution in [0.25, 0.3) is 0 Å². The van der Waals surface area contributed by atoms with Crippen LogP contribution in [0, 0.1) is 0 Å². The smallest absolute Gasteiger partial charge is 0.215 e. The number of halogens is 3. The van der Waals surface area contributed by atoms with Crippen molar-refractivity contribution in [1.82, 2.24) is 0 Å². The molecular formula is C2H7F3N3P3. The highest BCUT2D eigenvalue weighted by Crippen LogP contribution is 2.72. The summed E-state index contributed by atoms with van der Waals surface area (Å²) in [7, 11) is -10.0. The van der Waals surface area contributed by atoms with Crippen molar-refractivity contribution in [2.45, 2.75) is 0 Å². The molecule has 0 aromatic carbocycles. The zero-order chi connectivity index (χ0) is 8.70. The quantitative estimate of drug-likeness (QED) is 0.543. The van der Waals surface area contributed by atoms with Crippen molar-refractivity contribution in [2.24, 2.45) is 13.5 Å². The van der Waals surface area contributed by atoms with Crippen molar-refractivity contribution in [3.05, 3.63) is 0 Å². The lowest BCUT2D eigenvalue weighted by molar-refractivity contribution is 0.725. The van der Waals surface area contributed by atoms with E-state index in [1.807, 2.05) is 0 Å². The Labute approximate surface area is 63.5 Å². The van der Waals surface area contributed by atoms with Crippen LogP contribution >= 0.6 is 23.2 Å². The van der Waals surface area contributed by atoms with Crippen LogP contribution in [0.5, 0.6) is 0 Å². The Hall–Kier alpha value is 0.480. The number of hydrogen-bond donors (Lipinski definition) is 0. The molecule has 0 aromatic heterocycles. The topological polar surface area (TPSA) is 37.1 Å². The average Bonchev–Trinajstić information content (AvgIpc) is 1.49. The molecule has 1 aliphatic heterocycles. The van der Waals surface area contributed by atoms with Crippen molar-refractivity contribution < 1.29 is 12.6 Å². The lowest BCUT2D eigenvalue weighted by Gasteiger charge is -2.13. The number of rotatable bonds is 0. The normalized spacial score (nSPS) is 33.0. The minimum Gasteiger partial charge on any atom is -0.215 e. The molecule has 0 spiro atoms. The van der Waals surface area contributed by atoms with E-state index < -0.39 is 23.2 Å². The Morgan fingerprint density at radius 3 is 2.18 bits per heavy atom. The predicted molar refractivity (Wildman–Crippen MR) is 44.6 cm³/mol.